The van der Waals surface area contributed by atoms with E-state index in [1.807, 2.05) is 6.07 Å². The topological polar surface area (TPSA) is 86.1 Å². The molecule has 1 atom stereocenters. The lowest BCUT2D eigenvalue weighted by atomic mass is 9.96. The molecule has 9 heteroatoms. The SMILES string of the molecule is CC1C(=O)N(CC(=O)Nc2ccc(Cl)c(F)c2)c2cc(C#N)cc(F)c2-c2cccnc21. The Bertz CT molecular complexity index is 1310. The van der Waals surface area contributed by atoms with Crippen LogP contribution in [0.25, 0.3) is 11.1 Å². The van der Waals surface area contributed by atoms with Crippen molar-refractivity contribution in [3.63, 3.8) is 0 Å². The van der Waals surface area contributed by atoms with Crippen molar-refractivity contribution in [3.05, 3.63) is 76.6 Å². The second-order valence-corrected chi connectivity index (χ2v) is 7.63. The fourth-order valence-electron chi connectivity index (χ4n) is 3.66. The van der Waals surface area contributed by atoms with Gasteiger partial charge in [-0.3, -0.25) is 14.6 Å². The number of amides is 2. The number of nitriles is 1. The fourth-order valence-corrected chi connectivity index (χ4v) is 3.78. The van der Waals surface area contributed by atoms with Crippen molar-refractivity contribution in [1.82, 2.24) is 4.98 Å². The molecule has 160 valence electrons. The van der Waals surface area contributed by atoms with E-state index < -0.39 is 35.9 Å². The van der Waals surface area contributed by atoms with E-state index in [2.05, 4.69) is 10.3 Å². The molecule has 0 radical (unpaired) electrons. The Morgan fingerprint density at radius 2 is 2.03 bits per heavy atom. The predicted octanol–water partition coefficient (Wildman–Crippen LogP) is 4.64. The third-order valence-electron chi connectivity index (χ3n) is 5.15. The summed E-state index contributed by atoms with van der Waals surface area (Å²) >= 11 is 5.66. The first-order valence-corrected chi connectivity index (χ1v) is 9.93. The molecule has 6 nitrogen and oxygen atoms in total. The predicted molar refractivity (Wildman–Crippen MR) is 115 cm³/mol. The number of pyridine rings is 1. The van der Waals surface area contributed by atoms with Gasteiger partial charge in [-0.15, -0.1) is 0 Å². The van der Waals surface area contributed by atoms with Crippen molar-refractivity contribution in [3.8, 4) is 17.2 Å². The Morgan fingerprint density at radius 3 is 2.75 bits per heavy atom. The monoisotopic (exact) mass is 452 g/mol. The number of aromatic nitrogens is 1. The van der Waals surface area contributed by atoms with Gasteiger partial charge >= 0.3 is 0 Å². The van der Waals surface area contributed by atoms with Crippen LogP contribution in [-0.4, -0.2) is 23.3 Å². The van der Waals surface area contributed by atoms with Gasteiger partial charge in [0.05, 0.1) is 34.0 Å². The molecule has 0 aliphatic carbocycles. The molecule has 2 amide bonds. The van der Waals surface area contributed by atoms with Gasteiger partial charge in [-0.05, 0) is 43.3 Å². The van der Waals surface area contributed by atoms with Crippen molar-refractivity contribution in [1.29, 1.82) is 5.26 Å². The third-order valence-corrected chi connectivity index (χ3v) is 5.46. The molecule has 4 rings (SSSR count). The standard InChI is InChI=1S/C23H15ClF2N4O2/c1-12-22-15(3-2-6-28-22)21-18(26)7-13(10-27)8-19(21)30(23(12)32)11-20(31)29-14-4-5-16(24)17(25)9-14/h2-9,12H,11H2,1H3,(H,29,31). The van der Waals surface area contributed by atoms with Gasteiger partial charge in [0.25, 0.3) is 0 Å². The normalized spacial score (nSPS) is 14.8. The van der Waals surface area contributed by atoms with E-state index in [-0.39, 0.29) is 27.5 Å². The summed E-state index contributed by atoms with van der Waals surface area (Å²) in [6.45, 7) is 1.13. The van der Waals surface area contributed by atoms with E-state index in [0.717, 1.165) is 17.0 Å². The largest absolute Gasteiger partial charge is 0.324 e. The maximum Gasteiger partial charge on any atom is 0.244 e. The van der Waals surface area contributed by atoms with Crippen LogP contribution in [-0.2, 0) is 9.59 Å². The van der Waals surface area contributed by atoms with Crippen molar-refractivity contribution < 1.29 is 18.4 Å². The molecule has 1 aliphatic rings. The van der Waals surface area contributed by atoms with Crippen LogP contribution in [0.4, 0.5) is 20.2 Å². The zero-order valence-electron chi connectivity index (χ0n) is 16.7. The van der Waals surface area contributed by atoms with Crippen molar-refractivity contribution in [2.75, 3.05) is 16.8 Å². The minimum atomic E-state index is -0.774. The number of nitrogens with zero attached hydrogens (tertiary/aromatic N) is 3. The molecule has 32 heavy (non-hydrogen) atoms. The Balaban J connectivity index is 1.78. The number of fused-ring (bicyclic) bond motifs is 3. The minimum absolute atomic E-state index is 0.000719. The summed E-state index contributed by atoms with van der Waals surface area (Å²) in [7, 11) is 0. The Morgan fingerprint density at radius 1 is 1.25 bits per heavy atom. The van der Waals surface area contributed by atoms with Crippen molar-refractivity contribution in [2.45, 2.75) is 12.8 Å². The highest BCUT2D eigenvalue weighted by atomic mass is 35.5. The van der Waals surface area contributed by atoms with Crippen LogP contribution in [0.1, 0.15) is 24.1 Å². The van der Waals surface area contributed by atoms with Crippen molar-refractivity contribution >= 4 is 34.8 Å². The summed E-state index contributed by atoms with van der Waals surface area (Å²) in [6.07, 6.45) is 1.50. The molecule has 0 saturated carbocycles. The highest BCUT2D eigenvalue weighted by Gasteiger charge is 2.35. The summed E-state index contributed by atoms with van der Waals surface area (Å²) in [4.78, 5) is 31.4. The Kier molecular flexibility index (Phi) is 5.59. The number of carbonyl (C=O) groups is 2. The molecule has 0 bridgehead atoms. The molecule has 1 aromatic heterocycles. The Labute approximate surface area is 187 Å². The lowest BCUT2D eigenvalue weighted by Gasteiger charge is -2.24. The molecule has 3 aromatic rings. The van der Waals surface area contributed by atoms with Crippen LogP contribution in [0.5, 0.6) is 0 Å². The summed E-state index contributed by atoms with van der Waals surface area (Å²) in [5.41, 5.74) is 1.09. The number of rotatable bonds is 3. The third kappa shape index (κ3) is 3.79. The smallest absolute Gasteiger partial charge is 0.244 e. The number of anilines is 2. The lowest BCUT2D eigenvalue weighted by Crippen LogP contribution is -2.40. The van der Waals surface area contributed by atoms with Gasteiger partial charge in [-0.2, -0.15) is 5.26 Å². The zero-order chi connectivity index (χ0) is 23.0. The summed E-state index contributed by atoms with van der Waals surface area (Å²) in [5, 5.41) is 11.7. The molecule has 2 aromatic carbocycles. The van der Waals surface area contributed by atoms with Crippen molar-refractivity contribution in [2.24, 2.45) is 0 Å². The first-order valence-electron chi connectivity index (χ1n) is 9.55. The number of carbonyl (C=O) groups excluding carboxylic acids is 2. The lowest BCUT2D eigenvalue weighted by molar-refractivity contribution is -0.122. The Hall–Kier alpha value is -3.83. The number of benzene rings is 2. The second kappa shape index (κ2) is 8.36. The van der Waals surface area contributed by atoms with Gasteiger partial charge in [0.1, 0.15) is 18.2 Å². The minimum Gasteiger partial charge on any atom is -0.324 e. The van der Waals surface area contributed by atoms with Gasteiger partial charge in [0.15, 0.2) is 0 Å². The number of hydrogen-bond donors (Lipinski definition) is 1. The quantitative estimate of drug-likeness (QED) is 0.627. The van der Waals surface area contributed by atoms with Gasteiger partial charge in [0, 0.05) is 23.0 Å². The van der Waals surface area contributed by atoms with Gasteiger partial charge < -0.3 is 10.2 Å². The van der Waals surface area contributed by atoms with E-state index in [9.17, 15) is 19.2 Å². The fraction of sp³-hybridized carbons (Fsp3) is 0.130. The summed E-state index contributed by atoms with van der Waals surface area (Å²) < 4.78 is 28.8. The van der Waals surface area contributed by atoms with E-state index in [0.29, 0.717) is 11.3 Å². The van der Waals surface area contributed by atoms with Crippen LogP contribution in [0.15, 0.2) is 48.7 Å². The van der Waals surface area contributed by atoms with E-state index >= 15 is 4.39 Å². The van der Waals surface area contributed by atoms with Gasteiger partial charge in [0.2, 0.25) is 11.8 Å². The molecule has 0 spiro atoms. The number of hydrogen-bond acceptors (Lipinski definition) is 4. The molecule has 1 N–H and O–H groups in total. The summed E-state index contributed by atoms with van der Waals surface area (Å²) in [5.74, 6) is -3.32. The molecular weight excluding hydrogens is 438 g/mol. The summed E-state index contributed by atoms with van der Waals surface area (Å²) in [6, 6.07) is 11.3. The average molecular weight is 453 g/mol. The molecule has 1 aliphatic heterocycles. The molecule has 0 saturated heterocycles. The zero-order valence-corrected chi connectivity index (χ0v) is 17.5. The van der Waals surface area contributed by atoms with Crippen LogP contribution in [0.3, 0.4) is 0 Å². The van der Waals surface area contributed by atoms with Gasteiger partial charge in [-0.1, -0.05) is 17.7 Å². The first-order chi connectivity index (χ1) is 15.3. The van der Waals surface area contributed by atoms with E-state index in [4.69, 9.17) is 11.6 Å². The maximum absolute atomic E-state index is 15.1. The van der Waals surface area contributed by atoms with Crippen LogP contribution in [0, 0.1) is 23.0 Å². The van der Waals surface area contributed by atoms with E-state index in [1.54, 1.807) is 19.1 Å². The number of halogens is 3. The van der Waals surface area contributed by atoms with Gasteiger partial charge in [-0.25, -0.2) is 8.78 Å². The molecule has 2 heterocycles. The second-order valence-electron chi connectivity index (χ2n) is 7.22. The first kappa shape index (κ1) is 21.4. The van der Waals surface area contributed by atoms with E-state index in [1.165, 1.54) is 24.4 Å². The molecule has 1 unspecified atom stereocenters. The van der Waals surface area contributed by atoms with Crippen LogP contribution < -0.4 is 10.2 Å². The van der Waals surface area contributed by atoms with Crippen LogP contribution >= 0.6 is 11.6 Å². The highest BCUT2D eigenvalue weighted by Crippen LogP contribution is 2.42. The average Bonchev–Trinajstić information content (AvgIpc) is 2.86. The highest BCUT2D eigenvalue weighted by molar-refractivity contribution is 6.30. The molecule has 0 fully saturated rings. The number of nitrogens with one attached hydrogen (secondary N) is 1. The molecular formula is C23H15ClF2N4O2. The maximum atomic E-state index is 15.1. The van der Waals surface area contributed by atoms with Crippen LogP contribution in [0.2, 0.25) is 5.02 Å².